The smallest absolute Gasteiger partial charge is 0.320 e. The van der Waals surface area contributed by atoms with Gasteiger partial charge < -0.3 is 20.5 Å². The molecule has 0 spiro atoms. The Morgan fingerprint density at radius 2 is 1.94 bits per heavy atom. The van der Waals surface area contributed by atoms with E-state index >= 15 is 0 Å². The van der Waals surface area contributed by atoms with E-state index in [-0.39, 0.29) is 17.5 Å². The van der Waals surface area contributed by atoms with Gasteiger partial charge in [-0.25, -0.2) is 8.78 Å². The van der Waals surface area contributed by atoms with E-state index < -0.39 is 17.8 Å². The summed E-state index contributed by atoms with van der Waals surface area (Å²) in [7, 11) is 4.10. The van der Waals surface area contributed by atoms with Crippen molar-refractivity contribution < 1.29 is 23.4 Å². The van der Waals surface area contributed by atoms with Gasteiger partial charge in [0.25, 0.3) is 0 Å². The van der Waals surface area contributed by atoms with E-state index in [2.05, 4.69) is 29.6 Å². The highest BCUT2D eigenvalue weighted by molar-refractivity contribution is 5.73. The number of nitrogens with one attached hydrogen (secondary N) is 2. The van der Waals surface area contributed by atoms with Crippen LogP contribution in [0.3, 0.4) is 0 Å². The zero-order chi connectivity index (χ0) is 24.3. The lowest BCUT2D eigenvalue weighted by Gasteiger charge is -2.45. The second-order valence-electron chi connectivity index (χ2n) is 9.71. The van der Waals surface area contributed by atoms with Crippen molar-refractivity contribution in [1.82, 2.24) is 10.2 Å². The van der Waals surface area contributed by atoms with Gasteiger partial charge in [-0.3, -0.25) is 9.69 Å². The first-order valence-electron chi connectivity index (χ1n) is 11.9. The fraction of sp³-hybridized carbons (Fsp3) is 0.500. The van der Waals surface area contributed by atoms with Crippen molar-refractivity contribution in [2.24, 2.45) is 5.92 Å². The lowest BCUT2D eigenvalue weighted by molar-refractivity contribution is -0.139. The summed E-state index contributed by atoms with van der Waals surface area (Å²) >= 11 is 0. The molecule has 34 heavy (non-hydrogen) atoms. The van der Waals surface area contributed by atoms with Crippen LogP contribution >= 0.6 is 0 Å². The number of aliphatic carboxylic acids is 1. The standard InChI is InChI=1S/C26H33F2N3O3/c1-31(2)26(18-4-3-5-19(27)10-18)8-6-17(7-9-26)15-29-21-11-20(28)12-22(13-21)34-23-14-24(25(32)33)30-16-23/h3-5,10-13,17,23-24,29-30H,6-9,14-16H2,1-2H3,(H,32,33)/t17?,23-,24-,26?/m0/s1. The van der Waals surface area contributed by atoms with Gasteiger partial charge >= 0.3 is 5.97 Å². The van der Waals surface area contributed by atoms with Gasteiger partial charge in [0, 0.05) is 42.9 Å². The summed E-state index contributed by atoms with van der Waals surface area (Å²) in [6, 6.07) is 10.8. The third-order valence-corrected chi connectivity index (χ3v) is 7.31. The molecule has 2 aromatic carbocycles. The molecule has 1 aliphatic carbocycles. The van der Waals surface area contributed by atoms with E-state index in [1.807, 2.05) is 6.07 Å². The number of hydrogen-bond donors (Lipinski definition) is 3. The molecule has 1 saturated heterocycles. The predicted octanol–water partition coefficient (Wildman–Crippen LogP) is 4.22. The molecule has 1 saturated carbocycles. The Balaban J connectivity index is 1.34. The Labute approximate surface area is 199 Å². The number of rotatable bonds is 8. The highest BCUT2D eigenvalue weighted by atomic mass is 19.1. The summed E-state index contributed by atoms with van der Waals surface area (Å²) in [5.41, 5.74) is 1.48. The highest BCUT2D eigenvalue weighted by Crippen LogP contribution is 2.43. The Morgan fingerprint density at radius 3 is 2.59 bits per heavy atom. The minimum absolute atomic E-state index is 0.179. The second kappa shape index (κ2) is 10.3. The van der Waals surface area contributed by atoms with E-state index in [1.54, 1.807) is 18.2 Å². The van der Waals surface area contributed by atoms with Crippen LogP contribution in [0.4, 0.5) is 14.5 Å². The maximum Gasteiger partial charge on any atom is 0.320 e. The monoisotopic (exact) mass is 473 g/mol. The number of ether oxygens (including phenoxy) is 1. The molecule has 1 heterocycles. The van der Waals surface area contributed by atoms with Crippen LogP contribution in [-0.4, -0.2) is 55.3 Å². The Morgan fingerprint density at radius 1 is 1.18 bits per heavy atom. The zero-order valence-corrected chi connectivity index (χ0v) is 19.7. The van der Waals surface area contributed by atoms with Gasteiger partial charge in [-0.2, -0.15) is 0 Å². The topological polar surface area (TPSA) is 73.8 Å². The first kappa shape index (κ1) is 24.4. The summed E-state index contributed by atoms with van der Waals surface area (Å²) in [6.45, 7) is 1.12. The predicted molar refractivity (Wildman–Crippen MR) is 127 cm³/mol. The van der Waals surface area contributed by atoms with Crippen LogP contribution in [-0.2, 0) is 10.3 Å². The molecule has 0 bridgehead atoms. The Bertz CT molecular complexity index is 1010. The lowest BCUT2D eigenvalue weighted by Crippen LogP contribution is -2.45. The quantitative estimate of drug-likeness (QED) is 0.533. The number of carboxylic acids is 1. The van der Waals surface area contributed by atoms with Gasteiger partial charge in [-0.1, -0.05) is 12.1 Å². The van der Waals surface area contributed by atoms with Gasteiger partial charge in [0.2, 0.25) is 0 Å². The Hall–Kier alpha value is -2.71. The van der Waals surface area contributed by atoms with Crippen LogP contribution in [0.2, 0.25) is 0 Å². The van der Waals surface area contributed by atoms with Crippen LogP contribution in [0, 0.1) is 17.6 Å². The number of carboxylic acid groups (broad SMARTS) is 1. The largest absolute Gasteiger partial charge is 0.489 e. The molecule has 0 unspecified atom stereocenters. The lowest BCUT2D eigenvalue weighted by atomic mass is 9.72. The molecule has 8 heteroatoms. The van der Waals surface area contributed by atoms with E-state index in [1.165, 1.54) is 18.2 Å². The molecule has 0 amide bonds. The van der Waals surface area contributed by atoms with Crippen molar-refractivity contribution in [2.75, 3.05) is 32.5 Å². The summed E-state index contributed by atoms with van der Waals surface area (Å²) < 4.78 is 33.9. The maximum absolute atomic E-state index is 14.2. The molecule has 6 nitrogen and oxygen atoms in total. The molecule has 4 rings (SSSR count). The highest BCUT2D eigenvalue weighted by Gasteiger charge is 2.39. The van der Waals surface area contributed by atoms with Crippen LogP contribution in [0.25, 0.3) is 0 Å². The molecule has 0 aromatic heterocycles. The molecule has 0 radical (unpaired) electrons. The van der Waals surface area contributed by atoms with Crippen molar-refractivity contribution in [2.45, 2.75) is 49.8 Å². The third-order valence-electron chi connectivity index (χ3n) is 7.31. The molecule has 2 atom stereocenters. The van der Waals surface area contributed by atoms with Crippen LogP contribution in [0.1, 0.15) is 37.7 Å². The van der Waals surface area contributed by atoms with Crippen molar-refractivity contribution in [3.8, 4) is 5.75 Å². The number of hydrogen-bond acceptors (Lipinski definition) is 5. The summed E-state index contributed by atoms with van der Waals surface area (Å²) in [5, 5.41) is 15.4. The van der Waals surface area contributed by atoms with Crippen molar-refractivity contribution in [1.29, 1.82) is 0 Å². The van der Waals surface area contributed by atoms with Gasteiger partial charge in [0.15, 0.2) is 0 Å². The second-order valence-corrected chi connectivity index (χ2v) is 9.71. The van der Waals surface area contributed by atoms with E-state index in [0.717, 1.165) is 31.2 Å². The van der Waals surface area contributed by atoms with E-state index in [0.29, 0.717) is 36.9 Å². The first-order valence-corrected chi connectivity index (χ1v) is 11.9. The van der Waals surface area contributed by atoms with Gasteiger partial charge in [0.1, 0.15) is 29.5 Å². The van der Waals surface area contributed by atoms with Crippen molar-refractivity contribution in [3.63, 3.8) is 0 Å². The average molecular weight is 474 g/mol. The first-order chi connectivity index (χ1) is 16.2. The third kappa shape index (κ3) is 5.50. The van der Waals surface area contributed by atoms with Gasteiger partial charge in [-0.15, -0.1) is 0 Å². The van der Waals surface area contributed by atoms with E-state index in [4.69, 9.17) is 9.84 Å². The molecule has 2 aliphatic rings. The van der Waals surface area contributed by atoms with Crippen LogP contribution < -0.4 is 15.4 Å². The molecule has 2 fully saturated rings. The fourth-order valence-corrected chi connectivity index (χ4v) is 5.30. The Kier molecular flexibility index (Phi) is 7.38. The summed E-state index contributed by atoms with van der Waals surface area (Å²) in [4.78, 5) is 13.3. The number of anilines is 1. The molecule has 3 N–H and O–H groups in total. The number of nitrogens with zero attached hydrogens (tertiary/aromatic N) is 1. The SMILES string of the molecule is CN(C)C1(c2cccc(F)c2)CCC(CNc2cc(F)cc(O[C@@H]3CN[C@H](C(=O)O)C3)c2)CC1. The molecule has 184 valence electrons. The average Bonchev–Trinajstić information content (AvgIpc) is 3.26. The zero-order valence-electron chi connectivity index (χ0n) is 19.7. The van der Waals surface area contributed by atoms with Crippen molar-refractivity contribution in [3.05, 3.63) is 59.7 Å². The number of halogens is 2. The van der Waals surface area contributed by atoms with Gasteiger partial charge in [-0.05, 0) is 69.5 Å². The van der Waals surface area contributed by atoms with E-state index in [9.17, 15) is 13.6 Å². The fourth-order valence-electron chi connectivity index (χ4n) is 5.30. The molecular formula is C26H33F2N3O3. The van der Waals surface area contributed by atoms with Crippen LogP contribution in [0.5, 0.6) is 5.75 Å². The maximum atomic E-state index is 14.2. The number of carbonyl (C=O) groups is 1. The molecule has 1 aliphatic heterocycles. The minimum Gasteiger partial charge on any atom is -0.489 e. The van der Waals surface area contributed by atoms with Crippen molar-refractivity contribution >= 4 is 11.7 Å². The molecular weight excluding hydrogens is 440 g/mol. The van der Waals surface area contributed by atoms with Crippen LogP contribution in [0.15, 0.2) is 42.5 Å². The number of benzene rings is 2. The summed E-state index contributed by atoms with van der Waals surface area (Å²) in [5.74, 6) is -0.706. The molecule has 2 aromatic rings. The normalized spacial score (nSPS) is 27.0. The minimum atomic E-state index is -0.907. The summed E-state index contributed by atoms with van der Waals surface area (Å²) in [6.07, 6.45) is 3.83. The van der Waals surface area contributed by atoms with Gasteiger partial charge in [0.05, 0.1) is 0 Å².